The molecule has 0 aromatic carbocycles. The van der Waals surface area contributed by atoms with E-state index in [0.29, 0.717) is 6.04 Å². The number of hydrogen-bond acceptors (Lipinski definition) is 3. The first-order valence-electron chi connectivity index (χ1n) is 5.39. The number of nitrogens with zero attached hydrogens (tertiary/aromatic N) is 2. The summed E-state index contributed by atoms with van der Waals surface area (Å²) in [6.45, 7) is 4.20. The third-order valence-electron chi connectivity index (χ3n) is 2.32. The standard InChI is InChI=1S/C11H17N3/c1-3-4-10-7-8(2)12-11(14-10)13-9-5-6-9/h7,9H,3-6H2,1-2H3,(H,12,13,14). The van der Waals surface area contributed by atoms with Crippen molar-refractivity contribution in [3.63, 3.8) is 0 Å². The molecule has 1 aliphatic rings. The predicted octanol–water partition coefficient (Wildman–Crippen LogP) is 2.31. The van der Waals surface area contributed by atoms with Crippen LogP contribution in [0.5, 0.6) is 0 Å². The molecule has 3 nitrogen and oxygen atoms in total. The van der Waals surface area contributed by atoms with Gasteiger partial charge in [-0.1, -0.05) is 13.3 Å². The maximum absolute atomic E-state index is 4.48. The van der Waals surface area contributed by atoms with Crippen molar-refractivity contribution in [2.45, 2.75) is 45.6 Å². The monoisotopic (exact) mass is 191 g/mol. The third kappa shape index (κ3) is 2.44. The Bertz CT molecular complexity index is 318. The molecule has 2 rings (SSSR count). The average molecular weight is 191 g/mol. The summed E-state index contributed by atoms with van der Waals surface area (Å²) < 4.78 is 0. The number of rotatable bonds is 4. The Morgan fingerprint density at radius 1 is 1.43 bits per heavy atom. The van der Waals surface area contributed by atoms with Gasteiger partial charge in [-0.25, -0.2) is 9.97 Å². The summed E-state index contributed by atoms with van der Waals surface area (Å²) in [5.41, 5.74) is 2.22. The van der Waals surface area contributed by atoms with Crippen LogP contribution in [0.2, 0.25) is 0 Å². The third-order valence-corrected chi connectivity index (χ3v) is 2.32. The van der Waals surface area contributed by atoms with E-state index in [2.05, 4.69) is 28.3 Å². The molecule has 76 valence electrons. The Morgan fingerprint density at radius 3 is 2.86 bits per heavy atom. The fourth-order valence-corrected chi connectivity index (χ4v) is 1.49. The lowest BCUT2D eigenvalue weighted by molar-refractivity contribution is 0.863. The first kappa shape index (κ1) is 9.44. The van der Waals surface area contributed by atoms with Crippen LogP contribution in [0.4, 0.5) is 5.95 Å². The molecule has 0 atom stereocenters. The Balaban J connectivity index is 2.12. The van der Waals surface area contributed by atoms with Crippen LogP contribution in [0.3, 0.4) is 0 Å². The van der Waals surface area contributed by atoms with Gasteiger partial charge in [-0.3, -0.25) is 0 Å². The van der Waals surface area contributed by atoms with Crippen LogP contribution < -0.4 is 5.32 Å². The van der Waals surface area contributed by atoms with Crippen molar-refractivity contribution in [3.8, 4) is 0 Å². The summed E-state index contributed by atoms with van der Waals surface area (Å²) >= 11 is 0. The normalized spacial score (nSPS) is 15.6. The fraction of sp³-hybridized carbons (Fsp3) is 0.636. The molecule has 1 aromatic rings. The highest BCUT2D eigenvalue weighted by atomic mass is 15.1. The summed E-state index contributed by atoms with van der Waals surface area (Å²) in [5.74, 6) is 0.816. The zero-order valence-electron chi connectivity index (χ0n) is 8.88. The van der Waals surface area contributed by atoms with E-state index in [1.54, 1.807) is 0 Å². The average Bonchev–Trinajstić information content (AvgIpc) is 2.87. The SMILES string of the molecule is CCCc1cc(C)nc(NC2CC2)n1. The highest BCUT2D eigenvalue weighted by Crippen LogP contribution is 2.23. The Kier molecular flexibility index (Phi) is 2.66. The van der Waals surface area contributed by atoms with Gasteiger partial charge in [-0.15, -0.1) is 0 Å². The van der Waals surface area contributed by atoms with Gasteiger partial charge in [0.2, 0.25) is 5.95 Å². The highest BCUT2D eigenvalue weighted by Gasteiger charge is 2.21. The van der Waals surface area contributed by atoms with E-state index in [4.69, 9.17) is 0 Å². The zero-order chi connectivity index (χ0) is 9.97. The Hall–Kier alpha value is -1.12. The second-order valence-electron chi connectivity index (χ2n) is 3.99. The lowest BCUT2D eigenvalue weighted by Gasteiger charge is -2.06. The number of hydrogen-bond donors (Lipinski definition) is 1. The van der Waals surface area contributed by atoms with E-state index in [0.717, 1.165) is 30.2 Å². The van der Waals surface area contributed by atoms with Gasteiger partial charge in [0.1, 0.15) is 0 Å². The molecule has 0 unspecified atom stereocenters. The minimum atomic E-state index is 0.631. The minimum Gasteiger partial charge on any atom is -0.351 e. The number of aryl methyl sites for hydroxylation is 2. The molecule has 0 radical (unpaired) electrons. The van der Waals surface area contributed by atoms with Crippen molar-refractivity contribution in [3.05, 3.63) is 17.5 Å². The van der Waals surface area contributed by atoms with Crippen LogP contribution in [-0.2, 0) is 6.42 Å². The van der Waals surface area contributed by atoms with E-state index in [9.17, 15) is 0 Å². The van der Waals surface area contributed by atoms with Crippen LogP contribution in [0, 0.1) is 6.92 Å². The molecule has 1 heterocycles. The Morgan fingerprint density at radius 2 is 2.21 bits per heavy atom. The van der Waals surface area contributed by atoms with Crippen LogP contribution in [-0.4, -0.2) is 16.0 Å². The summed E-state index contributed by atoms with van der Waals surface area (Å²) in [7, 11) is 0. The zero-order valence-corrected chi connectivity index (χ0v) is 8.88. The molecule has 1 aromatic heterocycles. The van der Waals surface area contributed by atoms with E-state index in [1.165, 1.54) is 12.8 Å². The van der Waals surface area contributed by atoms with E-state index in [-0.39, 0.29) is 0 Å². The van der Waals surface area contributed by atoms with Crippen LogP contribution in [0.1, 0.15) is 37.6 Å². The van der Waals surface area contributed by atoms with Crippen LogP contribution in [0.25, 0.3) is 0 Å². The van der Waals surface area contributed by atoms with Crippen LogP contribution >= 0.6 is 0 Å². The fourth-order valence-electron chi connectivity index (χ4n) is 1.49. The first-order chi connectivity index (χ1) is 6.78. The van der Waals surface area contributed by atoms with E-state index < -0.39 is 0 Å². The van der Waals surface area contributed by atoms with Gasteiger partial charge in [0.05, 0.1) is 0 Å². The molecule has 1 fully saturated rings. The first-order valence-corrected chi connectivity index (χ1v) is 5.39. The molecule has 1 saturated carbocycles. The van der Waals surface area contributed by atoms with Gasteiger partial charge in [0.25, 0.3) is 0 Å². The maximum atomic E-state index is 4.48. The molecular formula is C11H17N3. The molecule has 0 bridgehead atoms. The molecule has 3 heteroatoms. The van der Waals surface area contributed by atoms with E-state index >= 15 is 0 Å². The second-order valence-corrected chi connectivity index (χ2v) is 3.99. The van der Waals surface area contributed by atoms with Crippen molar-refractivity contribution < 1.29 is 0 Å². The molecular weight excluding hydrogens is 174 g/mol. The minimum absolute atomic E-state index is 0.631. The molecule has 0 aliphatic heterocycles. The lowest BCUT2D eigenvalue weighted by atomic mass is 10.2. The lowest BCUT2D eigenvalue weighted by Crippen LogP contribution is -2.07. The van der Waals surface area contributed by atoms with Gasteiger partial charge in [-0.05, 0) is 32.3 Å². The smallest absolute Gasteiger partial charge is 0.223 e. The Labute approximate surface area is 85.0 Å². The van der Waals surface area contributed by atoms with E-state index in [1.807, 2.05) is 6.92 Å². The number of aromatic nitrogens is 2. The molecule has 14 heavy (non-hydrogen) atoms. The molecule has 0 spiro atoms. The second kappa shape index (κ2) is 3.95. The topological polar surface area (TPSA) is 37.8 Å². The molecule has 0 amide bonds. The van der Waals surface area contributed by atoms with Gasteiger partial charge in [0.15, 0.2) is 0 Å². The summed E-state index contributed by atoms with van der Waals surface area (Å²) in [6, 6.07) is 2.70. The quantitative estimate of drug-likeness (QED) is 0.793. The van der Waals surface area contributed by atoms with Gasteiger partial charge in [0, 0.05) is 17.4 Å². The predicted molar refractivity (Wildman–Crippen MR) is 57.4 cm³/mol. The molecule has 1 N–H and O–H groups in total. The number of nitrogens with one attached hydrogen (secondary N) is 1. The number of anilines is 1. The van der Waals surface area contributed by atoms with Crippen molar-refractivity contribution >= 4 is 5.95 Å². The van der Waals surface area contributed by atoms with Crippen molar-refractivity contribution in [2.24, 2.45) is 0 Å². The summed E-state index contributed by atoms with van der Waals surface area (Å²) in [4.78, 5) is 8.86. The van der Waals surface area contributed by atoms with Gasteiger partial charge >= 0.3 is 0 Å². The largest absolute Gasteiger partial charge is 0.351 e. The van der Waals surface area contributed by atoms with Gasteiger partial charge in [-0.2, -0.15) is 0 Å². The summed E-state index contributed by atoms with van der Waals surface area (Å²) in [6.07, 6.45) is 4.71. The van der Waals surface area contributed by atoms with Crippen molar-refractivity contribution in [2.75, 3.05) is 5.32 Å². The maximum Gasteiger partial charge on any atom is 0.223 e. The van der Waals surface area contributed by atoms with Gasteiger partial charge < -0.3 is 5.32 Å². The molecule has 1 aliphatic carbocycles. The summed E-state index contributed by atoms with van der Waals surface area (Å²) in [5, 5.41) is 3.33. The van der Waals surface area contributed by atoms with Crippen molar-refractivity contribution in [1.82, 2.24) is 9.97 Å². The van der Waals surface area contributed by atoms with Crippen molar-refractivity contribution in [1.29, 1.82) is 0 Å². The van der Waals surface area contributed by atoms with Crippen LogP contribution in [0.15, 0.2) is 6.07 Å². The molecule has 0 saturated heterocycles. The highest BCUT2D eigenvalue weighted by molar-refractivity contribution is 5.31.